The minimum atomic E-state index is -3.76. The molecule has 0 bridgehead atoms. The molecule has 3 aromatic rings. The predicted octanol–water partition coefficient (Wildman–Crippen LogP) is 3.83. The molecule has 0 radical (unpaired) electrons. The first-order valence-electron chi connectivity index (χ1n) is 9.19. The van der Waals surface area contributed by atoms with Crippen LogP contribution < -0.4 is 9.73 Å². The number of anilines is 1. The average Bonchev–Trinajstić information content (AvgIpc) is 2.79. The maximum atomic E-state index is 13.0. The van der Waals surface area contributed by atoms with Crippen LogP contribution >= 0.6 is 0 Å². The van der Waals surface area contributed by atoms with E-state index in [0.717, 1.165) is 5.56 Å². The second kappa shape index (κ2) is 9.67. The molecule has 0 aliphatic carbocycles. The molecular weight excluding hydrogens is 398 g/mol. The summed E-state index contributed by atoms with van der Waals surface area (Å²) in [7, 11) is -3.76. The third-order valence-corrected chi connectivity index (χ3v) is 6.03. The van der Waals surface area contributed by atoms with E-state index < -0.39 is 15.9 Å². The zero-order chi connectivity index (χ0) is 21.4. The lowest BCUT2D eigenvalue weighted by Gasteiger charge is -2.23. The quantitative estimate of drug-likeness (QED) is 0.342. The molecule has 0 saturated carbocycles. The first-order chi connectivity index (χ1) is 14.5. The predicted molar refractivity (Wildman–Crippen MR) is 119 cm³/mol. The normalized spacial score (nSPS) is 11.2. The van der Waals surface area contributed by atoms with E-state index in [1.165, 1.54) is 22.5 Å². The van der Waals surface area contributed by atoms with Crippen molar-refractivity contribution in [3.05, 3.63) is 109 Å². The maximum absolute atomic E-state index is 13.0. The molecule has 1 amide bonds. The number of carbonyl (C=O) groups is 1. The fourth-order valence-electron chi connectivity index (χ4n) is 2.73. The van der Waals surface area contributed by atoms with E-state index in [9.17, 15) is 13.2 Å². The second-order valence-corrected chi connectivity index (χ2v) is 8.16. The number of nitrogens with one attached hydrogen (secondary N) is 1. The Labute approximate surface area is 176 Å². The number of benzene rings is 3. The zero-order valence-corrected chi connectivity index (χ0v) is 17.0. The molecule has 30 heavy (non-hydrogen) atoms. The molecule has 0 heterocycles. The van der Waals surface area contributed by atoms with E-state index in [-0.39, 0.29) is 11.4 Å². The Morgan fingerprint density at radius 1 is 0.933 bits per heavy atom. The summed E-state index contributed by atoms with van der Waals surface area (Å²) >= 11 is 0. The summed E-state index contributed by atoms with van der Waals surface area (Å²) in [5.74, 6) is -0.394. The monoisotopic (exact) mass is 419 g/mol. The molecule has 0 atom stereocenters. The number of rotatable bonds is 8. The number of sulfonamides is 1. The van der Waals surface area contributed by atoms with Crippen LogP contribution in [0.3, 0.4) is 0 Å². The summed E-state index contributed by atoms with van der Waals surface area (Å²) in [6, 6.07) is 23.8. The topological polar surface area (TPSA) is 78.8 Å². The van der Waals surface area contributed by atoms with E-state index in [2.05, 4.69) is 17.1 Å². The van der Waals surface area contributed by atoms with Gasteiger partial charge in [0.2, 0.25) is 0 Å². The fraction of sp³-hybridized carbons (Fsp3) is 0.0435. The molecule has 0 aromatic heterocycles. The lowest BCUT2D eigenvalue weighted by molar-refractivity contribution is 0.0955. The van der Waals surface area contributed by atoms with Crippen LogP contribution in [-0.2, 0) is 10.0 Å². The molecule has 6 nitrogen and oxygen atoms in total. The first-order valence-corrected chi connectivity index (χ1v) is 10.6. The average molecular weight is 420 g/mol. The van der Waals surface area contributed by atoms with E-state index in [4.69, 9.17) is 0 Å². The minimum Gasteiger partial charge on any atom is -0.267 e. The van der Waals surface area contributed by atoms with Gasteiger partial charge < -0.3 is 0 Å². The van der Waals surface area contributed by atoms with Crippen LogP contribution in [0.25, 0.3) is 0 Å². The van der Waals surface area contributed by atoms with Crippen LogP contribution in [0.5, 0.6) is 0 Å². The number of carbonyl (C=O) groups excluding carboxylic acids is 1. The Kier molecular flexibility index (Phi) is 6.77. The Morgan fingerprint density at radius 3 is 2.13 bits per heavy atom. The third kappa shape index (κ3) is 5.01. The van der Waals surface area contributed by atoms with Crippen molar-refractivity contribution < 1.29 is 13.2 Å². The molecule has 3 rings (SSSR count). The van der Waals surface area contributed by atoms with Gasteiger partial charge >= 0.3 is 0 Å². The number of hydrazone groups is 1. The fourth-order valence-corrected chi connectivity index (χ4v) is 4.18. The number of hydrogen-bond donors (Lipinski definition) is 1. The lowest BCUT2D eigenvalue weighted by atomic mass is 10.2. The molecule has 0 aliphatic rings. The van der Waals surface area contributed by atoms with Crippen molar-refractivity contribution >= 4 is 27.8 Å². The van der Waals surface area contributed by atoms with Crippen LogP contribution in [0.2, 0.25) is 0 Å². The molecular formula is C23H21N3O3S. The van der Waals surface area contributed by atoms with Crippen molar-refractivity contribution in [3.8, 4) is 0 Å². The van der Waals surface area contributed by atoms with Gasteiger partial charge in [-0.05, 0) is 42.0 Å². The van der Waals surface area contributed by atoms with Gasteiger partial charge in [0.1, 0.15) is 0 Å². The third-order valence-electron chi connectivity index (χ3n) is 4.22. The molecule has 1 N–H and O–H groups in total. The van der Waals surface area contributed by atoms with E-state index in [1.54, 1.807) is 48.7 Å². The zero-order valence-electron chi connectivity index (χ0n) is 16.2. The maximum Gasteiger partial charge on any atom is 0.271 e. The molecule has 0 saturated heterocycles. The summed E-state index contributed by atoms with van der Waals surface area (Å²) in [5.41, 5.74) is 4.11. The van der Waals surface area contributed by atoms with Gasteiger partial charge in [0.05, 0.1) is 23.3 Å². The Balaban J connectivity index is 1.76. The van der Waals surface area contributed by atoms with Crippen LogP contribution in [-0.4, -0.2) is 27.1 Å². The Bertz CT molecular complexity index is 1130. The molecule has 0 unspecified atom stereocenters. The van der Waals surface area contributed by atoms with Gasteiger partial charge in [-0.1, -0.05) is 54.6 Å². The second-order valence-electron chi connectivity index (χ2n) is 6.29. The molecule has 0 fully saturated rings. The van der Waals surface area contributed by atoms with Crippen LogP contribution in [0, 0.1) is 0 Å². The SMILES string of the molecule is C=CCN(c1ccc(C(=O)N/N=C\c2ccccc2)cc1)S(=O)(=O)c1ccccc1. The van der Waals surface area contributed by atoms with Gasteiger partial charge in [0.15, 0.2) is 0 Å². The minimum absolute atomic E-state index is 0.101. The molecule has 0 aliphatic heterocycles. The largest absolute Gasteiger partial charge is 0.271 e. The van der Waals surface area contributed by atoms with Gasteiger partial charge in [-0.15, -0.1) is 6.58 Å². The highest BCUT2D eigenvalue weighted by Crippen LogP contribution is 2.24. The Morgan fingerprint density at radius 2 is 1.53 bits per heavy atom. The summed E-state index contributed by atoms with van der Waals surface area (Å²) < 4.78 is 27.2. The van der Waals surface area contributed by atoms with Crippen molar-refractivity contribution in [1.82, 2.24) is 5.43 Å². The molecule has 7 heteroatoms. The van der Waals surface area contributed by atoms with Crippen molar-refractivity contribution in [2.75, 3.05) is 10.8 Å². The molecule has 3 aromatic carbocycles. The summed E-state index contributed by atoms with van der Waals surface area (Å²) in [6.45, 7) is 3.75. The lowest BCUT2D eigenvalue weighted by Crippen LogP contribution is -2.31. The van der Waals surface area contributed by atoms with E-state index in [0.29, 0.717) is 11.3 Å². The first kappa shape index (κ1) is 21.0. The number of nitrogens with zero attached hydrogens (tertiary/aromatic N) is 2. The van der Waals surface area contributed by atoms with Crippen molar-refractivity contribution in [2.45, 2.75) is 4.90 Å². The highest BCUT2D eigenvalue weighted by Gasteiger charge is 2.23. The summed E-state index contributed by atoms with van der Waals surface area (Å²) in [4.78, 5) is 12.5. The van der Waals surface area contributed by atoms with Crippen LogP contribution in [0.1, 0.15) is 15.9 Å². The summed E-state index contributed by atoms with van der Waals surface area (Å²) in [5, 5.41) is 3.94. The van der Waals surface area contributed by atoms with Gasteiger partial charge in [-0.2, -0.15) is 5.10 Å². The Hall–Kier alpha value is -3.71. The highest BCUT2D eigenvalue weighted by molar-refractivity contribution is 7.92. The van der Waals surface area contributed by atoms with E-state index >= 15 is 0 Å². The molecule has 0 spiro atoms. The van der Waals surface area contributed by atoms with Crippen LogP contribution in [0.15, 0.2) is 108 Å². The van der Waals surface area contributed by atoms with Gasteiger partial charge in [-0.25, -0.2) is 13.8 Å². The van der Waals surface area contributed by atoms with Gasteiger partial charge in [0, 0.05) is 5.56 Å². The standard InChI is InChI=1S/C23H21N3O3S/c1-2-17-26(30(28,29)22-11-7-4-8-12-22)21-15-13-20(14-16-21)23(27)25-24-18-19-9-5-3-6-10-19/h2-16,18H,1,17H2,(H,25,27)/b24-18-. The number of hydrogen-bond acceptors (Lipinski definition) is 4. The molecule has 152 valence electrons. The van der Waals surface area contributed by atoms with E-state index in [1.807, 2.05) is 30.3 Å². The van der Waals surface area contributed by atoms with Crippen molar-refractivity contribution in [2.24, 2.45) is 5.10 Å². The van der Waals surface area contributed by atoms with Crippen molar-refractivity contribution in [1.29, 1.82) is 0 Å². The van der Waals surface area contributed by atoms with Crippen LogP contribution in [0.4, 0.5) is 5.69 Å². The van der Waals surface area contributed by atoms with Gasteiger partial charge in [0.25, 0.3) is 15.9 Å². The number of amides is 1. The smallest absolute Gasteiger partial charge is 0.267 e. The summed E-state index contributed by atoms with van der Waals surface area (Å²) in [6.07, 6.45) is 3.06. The van der Waals surface area contributed by atoms with Crippen molar-refractivity contribution in [3.63, 3.8) is 0 Å². The highest BCUT2D eigenvalue weighted by atomic mass is 32.2. The van der Waals surface area contributed by atoms with Gasteiger partial charge in [-0.3, -0.25) is 9.10 Å².